The summed E-state index contributed by atoms with van der Waals surface area (Å²) < 4.78 is 0. The van der Waals surface area contributed by atoms with Gasteiger partial charge in [-0.3, -0.25) is 9.59 Å². The maximum atomic E-state index is 11.4. The fourth-order valence-corrected chi connectivity index (χ4v) is 2.35. The standard InChI is InChI=1S/C16H15N3O2/c17-12(8-10-4-2-1-3-5-10)11-6-7-13-14(9-11)19-16(21)15(20)18-13/h1-7,9,12H,8,17H2,(H,18,20)(H,19,21). The first-order valence-corrected chi connectivity index (χ1v) is 6.69. The second-order valence-electron chi connectivity index (χ2n) is 5.01. The van der Waals surface area contributed by atoms with Crippen LogP contribution >= 0.6 is 0 Å². The largest absolute Gasteiger partial charge is 0.324 e. The third-order valence-electron chi connectivity index (χ3n) is 3.47. The van der Waals surface area contributed by atoms with Crippen LogP contribution in [0.25, 0.3) is 11.0 Å². The third-order valence-corrected chi connectivity index (χ3v) is 3.47. The van der Waals surface area contributed by atoms with Gasteiger partial charge in [0.2, 0.25) is 0 Å². The van der Waals surface area contributed by atoms with Crippen molar-refractivity contribution in [2.24, 2.45) is 5.73 Å². The quantitative estimate of drug-likeness (QED) is 0.635. The number of nitrogens with two attached hydrogens (primary N) is 1. The van der Waals surface area contributed by atoms with E-state index in [2.05, 4.69) is 9.97 Å². The van der Waals surface area contributed by atoms with Gasteiger partial charge in [-0.05, 0) is 29.7 Å². The molecule has 0 saturated heterocycles. The fraction of sp³-hybridized carbons (Fsp3) is 0.125. The first kappa shape index (κ1) is 13.3. The zero-order valence-corrected chi connectivity index (χ0v) is 11.3. The van der Waals surface area contributed by atoms with Crippen LogP contribution in [0.1, 0.15) is 17.2 Å². The Balaban J connectivity index is 1.95. The van der Waals surface area contributed by atoms with Gasteiger partial charge in [0, 0.05) is 6.04 Å². The molecule has 0 aliphatic carbocycles. The fourth-order valence-electron chi connectivity index (χ4n) is 2.35. The van der Waals surface area contributed by atoms with E-state index in [1.165, 1.54) is 0 Å². The van der Waals surface area contributed by atoms with E-state index in [9.17, 15) is 9.59 Å². The maximum Gasteiger partial charge on any atom is 0.314 e. The van der Waals surface area contributed by atoms with Crippen molar-refractivity contribution in [1.29, 1.82) is 0 Å². The number of aromatic amines is 2. The Morgan fingerprint density at radius 3 is 2.29 bits per heavy atom. The van der Waals surface area contributed by atoms with Crippen molar-refractivity contribution in [3.05, 3.63) is 80.4 Å². The normalized spacial score (nSPS) is 12.4. The molecule has 0 spiro atoms. The molecule has 1 heterocycles. The Hall–Kier alpha value is -2.66. The molecule has 1 aromatic heterocycles. The monoisotopic (exact) mass is 281 g/mol. The van der Waals surface area contributed by atoms with Crippen LogP contribution in [0.2, 0.25) is 0 Å². The number of hydrogen-bond donors (Lipinski definition) is 3. The summed E-state index contributed by atoms with van der Waals surface area (Å²) in [4.78, 5) is 27.7. The van der Waals surface area contributed by atoms with Crippen LogP contribution in [0.4, 0.5) is 0 Å². The summed E-state index contributed by atoms with van der Waals surface area (Å²) in [5.74, 6) is 0. The van der Waals surface area contributed by atoms with Crippen LogP contribution in [-0.2, 0) is 6.42 Å². The minimum absolute atomic E-state index is 0.174. The first-order valence-electron chi connectivity index (χ1n) is 6.69. The predicted octanol–water partition coefficient (Wildman–Crippen LogP) is 1.46. The van der Waals surface area contributed by atoms with Gasteiger partial charge < -0.3 is 15.7 Å². The molecule has 2 aromatic carbocycles. The molecule has 0 aliphatic heterocycles. The summed E-state index contributed by atoms with van der Waals surface area (Å²) in [7, 11) is 0. The molecule has 5 nitrogen and oxygen atoms in total. The Morgan fingerprint density at radius 1 is 0.905 bits per heavy atom. The van der Waals surface area contributed by atoms with E-state index < -0.39 is 11.1 Å². The van der Waals surface area contributed by atoms with Crippen LogP contribution in [0.15, 0.2) is 58.1 Å². The summed E-state index contributed by atoms with van der Waals surface area (Å²) in [6.45, 7) is 0. The van der Waals surface area contributed by atoms with Gasteiger partial charge in [0.25, 0.3) is 0 Å². The molecule has 5 heteroatoms. The van der Waals surface area contributed by atoms with Crippen molar-refractivity contribution in [2.45, 2.75) is 12.5 Å². The number of aromatic nitrogens is 2. The van der Waals surface area contributed by atoms with Crippen molar-refractivity contribution in [3.63, 3.8) is 0 Å². The second kappa shape index (κ2) is 5.38. The molecule has 0 saturated carbocycles. The van der Waals surface area contributed by atoms with Gasteiger partial charge in [0.15, 0.2) is 0 Å². The summed E-state index contributed by atoms with van der Waals surface area (Å²) in [5, 5.41) is 0. The first-order chi connectivity index (χ1) is 10.1. The topological polar surface area (TPSA) is 91.7 Å². The van der Waals surface area contributed by atoms with Crippen molar-refractivity contribution >= 4 is 11.0 Å². The van der Waals surface area contributed by atoms with Crippen LogP contribution < -0.4 is 16.9 Å². The Labute approximate surface area is 120 Å². The molecule has 0 radical (unpaired) electrons. The third kappa shape index (κ3) is 2.78. The van der Waals surface area contributed by atoms with E-state index in [4.69, 9.17) is 5.73 Å². The molecule has 106 valence electrons. The zero-order valence-electron chi connectivity index (χ0n) is 11.3. The van der Waals surface area contributed by atoms with Crippen molar-refractivity contribution < 1.29 is 0 Å². The zero-order chi connectivity index (χ0) is 14.8. The van der Waals surface area contributed by atoms with E-state index in [-0.39, 0.29) is 6.04 Å². The van der Waals surface area contributed by atoms with Crippen LogP contribution in [0, 0.1) is 0 Å². The molecule has 0 aliphatic rings. The van der Waals surface area contributed by atoms with Gasteiger partial charge in [0.05, 0.1) is 11.0 Å². The number of fused-ring (bicyclic) bond motifs is 1. The van der Waals surface area contributed by atoms with Crippen LogP contribution in [-0.4, -0.2) is 9.97 Å². The predicted molar refractivity (Wildman–Crippen MR) is 82.3 cm³/mol. The molecular weight excluding hydrogens is 266 g/mol. The Bertz CT molecular complexity index is 881. The van der Waals surface area contributed by atoms with Crippen molar-refractivity contribution in [3.8, 4) is 0 Å². The van der Waals surface area contributed by atoms with Crippen molar-refractivity contribution in [2.75, 3.05) is 0 Å². The summed E-state index contributed by atoms with van der Waals surface area (Å²) in [5.41, 5.74) is 8.16. The van der Waals surface area contributed by atoms with Gasteiger partial charge in [-0.2, -0.15) is 0 Å². The van der Waals surface area contributed by atoms with Crippen molar-refractivity contribution in [1.82, 2.24) is 9.97 Å². The number of benzene rings is 2. The van der Waals surface area contributed by atoms with E-state index >= 15 is 0 Å². The molecule has 0 amide bonds. The summed E-state index contributed by atoms with van der Waals surface area (Å²) in [6.07, 6.45) is 0.708. The van der Waals surface area contributed by atoms with Gasteiger partial charge in [-0.15, -0.1) is 0 Å². The molecule has 4 N–H and O–H groups in total. The van der Waals surface area contributed by atoms with Crippen LogP contribution in [0.3, 0.4) is 0 Å². The van der Waals surface area contributed by atoms with Crippen LogP contribution in [0.5, 0.6) is 0 Å². The molecule has 1 unspecified atom stereocenters. The highest BCUT2D eigenvalue weighted by Crippen LogP contribution is 2.18. The lowest BCUT2D eigenvalue weighted by molar-refractivity contribution is 0.722. The molecule has 3 aromatic rings. The highest BCUT2D eigenvalue weighted by Gasteiger charge is 2.09. The summed E-state index contributed by atoms with van der Waals surface area (Å²) >= 11 is 0. The Morgan fingerprint density at radius 2 is 1.57 bits per heavy atom. The number of hydrogen-bond acceptors (Lipinski definition) is 3. The van der Waals surface area contributed by atoms with Gasteiger partial charge >= 0.3 is 11.1 Å². The van der Waals surface area contributed by atoms with Gasteiger partial charge in [-0.1, -0.05) is 36.4 Å². The molecule has 21 heavy (non-hydrogen) atoms. The number of rotatable bonds is 3. The number of nitrogens with one attached hydrogen (secondary N) is 2. The van der Waals surface area contributed by atoms with Gasteiger partial charge in [0.1, 0.15) is 0 Å². The average Bonchev–Trinajstić information content (AvgIpc) is 2.49. The van der Waals surface area contributed by atoms with E-state index in [1.807, 2.05) is 36.4 Å². The van der Waals surface area contributed by atoms with E-state index in [0.717, 1.165) is 11.1 Å². The molecule has 3 rings (SSSR count). The number of H-pyrrole nitrogens is 2. The minimum Gasteiger partial charge on any atom is -0.324 e. The average molecular weight is 281 g/mol. The molecule has 0 fully saturated rings. The lowest BCUT2D eigenvalue weighted by Crippen LogP contribution is -2.29. The Kier molecular flexibility index (Phi) is 3.41. The van der Waals surface area contributed by atoms with E-state index in [0.29, 0.717) is 17.5 Å². The highest BCUT2D eigenvalue weighted by atomic mass is 16.2. The SMILES string of the molecule is NC(Cc1ccccc1)c1ccc2[nH]c(=O)c(=O)[nH]c2c1. The molecule has 0 bridgehead atoms. The van der Waals surface area contributed by atoms with E-state index in [1.54, 1.807) is 12.1 Å². The lowest BCUT2D eigenvalue weighted by Gasteiger charge is -2.12. The second-order valence-corrected chi connectivity index (χ2v) is 5.01. The minimum atomic E-state index is -0.656. The van der Waals surface area contributed by atoms with Gasteiger partial charge in [-0.25, -0.2) is 0 Å². The molecule has 1 atom stereocenters. The molecular formula is C16H15N3O2. The highest BCUT2D eigenvalue weighted by molar-refractivity contribution is 5.74. The summed E-state index contributed by atoms with van der Waals surface area (Å²) in [6, 6.07) is 15.2. The maximum absolute atomic E-state index is 11.4. The lowest BCUT2D eigenvalue weighted by atomic mass is 9.99. The smallest absolute Gasteiger partial charge is 0.314 e.